The van der Waals surface area contributed by atoms with Gasteiger partial charge in [-0.2, -0.15) is 0 Å². The molecule has 3 N–H and O–H groups in total. The van der Waals surface area contributed by atoms with Crippen LogP contribution in [0.4, 0.5) is 0 Å². The Morgan fingerprint density at radius 3 is 2.18 bits per heavy atom. The van der Waals surface area contributed by atoms with Gasteiger partial charge in [0.15, 0.2) is 6.29 Å². The Labute approximate surface area is 65.7 Å². The second kappa shape index (κ2) is 3.82. The van der Waals surface area contributed by atoms with Crippen LogP contribution in [0.25, 0.3) is 0 Å². The molecule has 0 unspecified atom stereocenters. The average Bonchev–Trinajstić information content (AvgIpc) is 2.17. The molecule has 0 spiro atoms. The molecule has 66 valence electrons. The van der Waals surface area contributed by atoms with Crippen molar-refractivity contribution in [3.63, 3.8) is 0 Å². The van der Waals surface area contributed by atoms with E-state index in [2.05, 4.69) is 6.58 Å². The predicted octanol–water partition coefficient (Wildman–Crippen LogP) is -0.751. The zero-order valence-corrected chi connectivity index (χ0v) is 5.40. The zero-order chi connectivity index (χ0) is 7.72. The monoisotopic (exact) mass is 162 g/mol. The van der Waals surface area contributed by atoms with Crippen LogP contribution in [-0.4, -0.2) is 40.4 Å². The van der Waals surface area contributed by atoms with Gasteiger partial charge in [-0.15, -0.1) is 0 Å². The number of ether oxygens (including phenoxy) is 1. The number of aliphatic hydroxyl groups is 3. The standard InChI is InChI=1S/C6H10O4.CH4/c1-3-5(8)4(2-7)10-6(3)9;/h4-9H,1-2H2;1H4/t4-,5+,6+;/m1./s1. The van der Waals surface area contributed by atoms with Crippen LogP contribution < -0.4 is 0 Å². The lowest BCUT2D eigenvalue weighted by Gasteiger charge is -2.07. The van der Waals surface area contributed by atoms with Crippen molar-refractivity contribution in [2.45, 2.75) is 25.9 Å². The van der Waals surface area contributed by atoms with E-state index >= 15 is 0 Å². The molecule has 11 heavy (non-hydrogen) atoms. The van der Waals surface area contributed by atoms with Crippen molar-refractivity contribution in [3.05, 3.63) is 12.2 Å². The maximum Gasteiger partial charge on any atom is 0.180 e. The van der Waals surface area contributed by atoms with Gasteiger partial charge in [0.1, 0.15) is 12.2 Å². The first-order valence-corrected chi connectivity index (χ1v) is 2.98. The van der Waals surface area contributed by atoms with E-state index in [0.29, 0.717) is 0 Å². The summed E-state index contributed by atoms with van der Waals surface area (Å²) in [7, 11) is 0. The topological polar surface area (TPSA) is 69.9 Å². The summed E-state index contributed by atoms with van der Waals surface area (Å²) in [6.07, 6.45) is -2.80. The van der Waals surface area contributed by atoms with Gasteiger partial charge >= 0.3 is 0 Å². The molecule has 0 aromatic carbocycles. The van der Waals surface area contributed by atoms with Crippen molar-refractivity contribution in [1.29, 1.82) is 0 Å². The van der Waals surface area contributed by atoms with E-state index < -0.39 is 18.5 Å². The molecule has 0 aromatic heterocycles. The molecule has 1 aliphatic rings. The lowest BCUT2D eigenvalue weighted by Crippen LogP contribution is -2.25. The number of aliphatic hydroxyl groups excluding tert-OH is 3. The molecule has 4 nitrogen and oxygen atoms in total. The van der Waals surface area contributed by atoms with Crippen molar-refractivity contribution in [1.82, 2.24) is 0 Å². The van der Waals surface area contributed by atoms with Crippen molar-refractivity contribution < 1.29 is 20.1 Å². The second-order valence-electron chi connectivity index (χ2n) is 2.23. The van der Waals surface area contributed by atoms with Crippen molar-refractivity contribution in [2.24, 2.45) is 0 Å². The van der Waals surface area contributed by atoms with Gasteiger partial charge in [0.2, 0.25) is 0 Å². The third kappa shape index (κ3) is 1.78. The summed E-state index contributed by atoms with van der Waals surface area (Å²) in [6, 6.07) is 0. The fourth-order valence-electron chi connectivity index (χ4n) is 0.855. The van der Waals surface area contributed by atoms with Gasteiger partial charge in [-0.05, 0) is 0 Å². The van der Waals surface area contributed by atoms with E-state index in [1.807, 2.05) is 0 Å². The fraction of sp³-hybridized carbons (Fsp3) is 0.714. The minimum Gasteiger partial charge on any atom is -0.394 e. The van der Waals surface area contributed by atoms with Crippen molar-refractivity contribution >= 4 is 0 Å². The Morgan fingerprint density at radius 1 is 1.45 bits per heavy atom. The average molecular weight is 162 g/mol. The van der Waals surface area contributed by atoms with Crippen LogP contribution in [0.15, 0.2) is 12.2 Å². The summed E-state index contributed by atoms with van der Waals surface area (Å²) in [5, 5.41) is 26.5. The zero-order valence-electron chi connectivity index (χ0n) is 5.40. The van der Waals surface area contributed by atoms with Crippen LogP contribution in [-0.2, 0) is 4.74 Å². The Morgan fingerprint density at radius 2 is 2.00 bits per heavy atom. The normalized spacial score (nSPS) is 37.0. The summed E-state index contributed by atoms with van der Waals surface area (Å²) in [5.74, 6) is 0. The Bertz CT molecular complexity index is 145. The molecule has 0 saturated carbocycles. The molecule has 1 rings (SSSR count). The highest BCUT2D eigenvalue weighted by atomic mass is 16.6. The van der Waals surface area contributed by atoms with E-state index in [9.17, 15) is 0 Å². The van der Waals surface area contributed by atoms with Crippen LogP contribution in [0, 0.1) is 0 Å². The molecule has 0 amide bonds. The molecule has 1 aliphatic heterocycles. The SMILES string of the molecule is C.C=C1[C@@H](O)O[C@H](CO)[C@H]1O. The maximum absolute atomic E-state index is 9.08. The molecule has 0 aromatic rings. The van der Waals surface area contributed by atoms with Gasteiger partial charge in [-0.25, -0.2) is 0 Å². The molecular weight excluding hydrogens is 148 g/mol. The predicted molar refractivity (Wildman–Crippen MR) is 39.8 cm³/mol. The highest BCUT2D eigenvalue weighted by Gasteiger charge is 2.35. The summed E-state index contributed by atoms with van der Waals surface area (Å²) in [6.45, 7) is 3.07. The Kier molecular flexibility index (Phi) is 3.68. The highest BCUT2D eigenvalue weighted by Crippen LogP contribution is 2.22. The van der Waals surface area contributed by atoms with Gasteiger partial charge in [-0.3, -0.25) is 0 Å². The third-order valence-electron chi connectivity index (χ3n) is 1.53. The molecule has 1 fully saturated rings. The largest absolute Gasteiger partial charge is 0.394 e. The molecule has 1 saturated heterocycles. The number of hydrogen-bond acceptors (Lipinski definition) is 4. The first-order chi connectivity index (χ1) is 4.66. The quantitative estimate of drug-likeness (QED) is 0.444. The van der Waals surface area contributed by atoms with Gasteiger partial charge < -0.3 is 20.1 Å². The Hall–Kier alpha value is -0.420. The van der Waals surface area contributed by atoms with E-state index in [1.54, 1.807) is 0 Å². The smallest absolute Gasteiger partial charge is 0.180 e. The van der Waals surface area contributed by atoms with E-state index in [1.165, 1.54) is 0 Å². The van der Waals surface area contributed by atoms with Crippen molar-refractivity contribution in [2.75, 3.05) is 6.61 Å². The lowest BCUT2D eigenvalue weighted by atomic mass is 10.1. The van der Waals surface area contributed by atoms with E-state index in [0.717, 1.165) is 0 Å². The second-order valence-corrected chi connectivity index (χ2v) is 2.23. The highest BCUT2D eigenvalue weighted by molar-refractivity contribution is 5.12. The van der Waals surface area contributed by atoms with Crippen molar-refractivity contribution in [3.8, 4) is 0 Å². The Balaban J connectivity index is 0.000001000. The minimum absolute atomic E-state index is 0. The van der Waals surface area contributed by atoms with Crippen LogP contribution >= 0.6 is 0 Å². The molecule has 4 heteroatoms. The molecule has 0 radical (unpaired) electrons. The van der Waals surface area contributed by atoms with E-state index in [-0.39, 0.29) is 19.6 Å². The number of hydrogen-bond donors (Lipinski definition) is 3. The molecular formula is C7H14O4. The summed E-state index contributed by atoms with van der Waals surface area (Å²) >= 11 is 0. The summed E-state index contributed by atoms with van der Waals surface area (Å²) in [5.41, 5.74) is 0.207. The number of rotatable bonds is 1. The van der Waals surface area contributed by atoms with E-state index in [4.69, 9.17) is 20.1 Å². The van der Waals surface area contributed by atoms with Crippen LogP contribution in [0.5, 0.6) is 0 Å². The maximum atomic E-state index is 9.08. The molecule has 0 aliphatic carbocycles. The molecule has 1 heterocycles. The van der Waals surface area contributed by atoms with Crippen LogP contribution in [0.1, 0.15) is 7.43 Å². The lowest BCUT2D eigenvalue weighted by molar-refractivity contribution is -0.100. The van der Waals surface area contributed by atoms with Gasteiger partial charge in [0.05, 0.1) is 6.61 Å². The minimum atomic E-state index is -1.13. The first kappa shape index (κ1) is 10.6. The molecule has 0 bridgehead atoms. The summed E-state index contributed by atoms with van der Waals surface area (Å²) in [4.78, 5) is 0. The summed E-state index contributed by atoms with van der Waals surface area (Å²) < 4.78 is 4.69. The third-order valence-corrected chi connectivity index (χ3v) is 1.53. The van der Waals surface area contributed by atoms with Crippen LogP contribution in [0.2, 0.25) is 0 Å². The fourth-order valence-corrected chi connectivity index (χ4v) is 0.855. The molecule has 3 atom stereocenters. The van der Waals surface area contributed by atoms with Gasteiger partial charge in [0.25, 0.3) is 0 Å². The van der Waals surface area contributed by atoms with Crippen LogP contribution in [0.3, 0.4) is 0 Å². The van der Waals surface area contributed by atoms with Gasteiger partial charge in [-0.1, -0.05) is 14.0 Å². The first-order valence-electron chi connectivity index (χ1n) is 2.98. The van der Waals surface area contributed by atoms with Gasteiger partial charge in [0, 0.05) is 5.57 Å².